The standard InChI is InChI=1S/C23H34BN3O7/c25-7-8-26-14-3-1-13(2-4-14)9-20(28)27-11-15(12-27)34-19-6-5-16(17-10-18(17)24(32)33)22(29)21(19)23(30)31/h5-6,13-15,17-18,26,29,32-33H,1-4,7-12,25H2,(H,30,31)/t13-,14+,17-,18-/m0/s1. The zero-order valence-electron chi connectivity index (χ0n) is 19.2. The highest BCUT2D eigenvalue weighted by Gasteiger charge is 2.48. The van der Waals surface area contributed by atoms with Crippen LogP contribution in [0, 0.1) is 5.92 Å². The van der Waals surface area contributed by atoms with Crippen LogP contribution >= 0.6 is 0 Å². The number of hydrogen-bond donors (Lipinski definition) is 6. The number of aromatic carboxylic acids is 1. The van der Waals surface area contributed by atoms with E-state index < -0.39 is 24.7 Å². The Bertz CT molecular complexity index is 901. The predicted molar refractivity (Wildman–Crippen MR) is 125 cm³/mol. The maximum Gasteiger partial charge on any atom is 0.455 e. The largest absolute Gasteiger partial charge is 0.507 e. The molecule has 1 aliphatic heterocycles. The third kappa shape index (κ3) is 5.48. The molecule has 0 unspecified atom stereocenters. The van der Waals surface area contributed by atoms with E-state index in [1.54, 1.807) is 11.0 Å². The molecule has 1 heterocycles. The van der Waals surface area contributed by atoms with Crippen molar-refractivity contribution in [3.05, 3.63) is 23.3 Å². The van der Waals surface area contributed by atoms with Crippen molar-refractivity contribution in [1.29, 1.82) is 0 Å². The maximum absolute atomic E-state index is 12.6. The topological polar surface area (TPSA) is 166 Å². The lowest BCUT2D eigenvalue weighted by atomic mass is 9.81. The van der Waals surface area contributed by atoms with Crippen LogP contribution in [0.4, 0.5) is 0 Å². The molecule has 4 rings (SSSR count). The number of hydrogen-bond acceptors (Lipinski definition) is 8. The zero-order chi connectivity index (χ0) is 24.4. The van der Waals surface area contributed by atoms with Crippen LogP contribution in [0.2, 0.25) is 5.82 Å². The summed E-state index contributed by atoms with van der Waals surface area (Å²) in [6.45, 7) is 2.22. The number of carboxylic acid groups (broad SMARTS) is 1. The Morgan fingerprint density at radius 1 is 1.18 bits per heavy atom. The van der Waals surface area contributed by atoms with Gasteiger partial charge in [-0.1, -0.05) is 6.07 Å². The number of nitrogens with one attached hydrogen (secondary N) is 1. The van der Waals surface area contributed by atoms with Gasteiger partial charge in [-0.2, -0.15) is 0 Å². The number of benzene rings is 1. The van der Waals surface area contributed by atoms with Crippen LogP contribution in [0.25, 0.3) is 0 Å². The van der Waals surface area contributed by atoms with E-state index in [-0.39, 0.29) is 29.2 Å². The fraction of sp³-hybridized carbons (Fsp3) is 0.652. The summed E-state index contributed by atoms with van der Waals surface area (Å²) in [6, 6.07) is 3.56. The molecule has 1 amide bonds. The number of nitrogens with zero attached hydrogens (tertiary/aromatic N) is 1. The van der Waals surface area contributed by atoms with E-state index in [1.807, 2.05) is 0 Å². The quantitative estimate of drug-likeness (QED) is 0.264. The molecule has 1 saturated heterocycles. The molecule has 186 valence electrons. The summed E-state index contributed by atoms with van der Waals surface area (Å²) in [5, 5.41) is 42.2. The summed E-state index contributed by atoms with van der Waals surface area (Å²) in [5.41, 5.74) is 5.58. The van der Waals surface area contributed by atoms with Crippen molar-refractivity contribution < 1.29 is 34.6 Å². The van der Waals surface area contributed by atoms with E-state index in [0.29, 0.717) is 50.0 Å². The lowest BCUT2D eigenvalue weighted by Gasteiger charge is -2.40. The molecular weight excluding hydrogens is 441 g/mol. The maximum atomic E-state index is 12.6. The zero-order valence-corrected chi connectivity index (χ0v) is 19.2. The molecule has 2 atom stereocenters. The molecule has 10 nitrogen and oxygen atoms in total. The van der Waals surface area contributed by atoms with E-state index in [1.165, 1.54) is 6.07 Å². The van der Waals surface area contributed by atoms with E-state index >= 15 is 0 Å². The molecule has 11 heteroatoms. The van der Waals surface area contributed by atoms with Gasteiger partial charge in [-0.25, -0.2) is 4.79 Å². The molecular formula is C23H34BN3O7. The number of phenols is 1. The third-order valence-electron chi connectivity index (χ3n) is 7.39. The first kappa shape index (κ1) is 24.8. The second-order valence-electron chi connectivity index (χ2n) is 9.80. The number of carbonyl (C=O) groups excluding carboxylic acids is 1. The van der Waals surface area contributed by atoms with Crippen LogP contribution in [-0.4, -0.2) is 82.5 Å². The van der Waals surface area contributed by atoms with Gasteiger partial charge in [0, 0.05) is 31.4 Å². The number of nitrogens with two attached hydrogens (primary N) is 1. The lowest BCUT2D eigenvalue weighted by molar-refractivity contribution is -0.141. The molecule has 1 aromatic rings. The molecule has 2 aliphatic carbocycles. The third-order valence-corrected chi connectivity index (χ3v) is 7.39. The summed E-state index contributed by atoms with van der Waals surface area (Å²) in [4.78, 5) is 26.2. The van der Waals surface area contributed by atoms with Gasteiger partial charge in [0.2, 0.25) is 5.91 Å². The first-order valence-electron chi connectivity index (χ1n) is 12.1. The summed E-state index contributed by atoms with van der Waals surface area (Å²) in [6.07, 6.45) is 4.80. The highest BCUT2D eigenvalue weighted by Crippen LogP contribution is 2.56. The van der Waals surface area contributed by atoms with Crippen molar-refractivity contribution in [3.63, 3.8) is 0 Å². The second kappa shape index (κ2) is 10.5. The predicted octanol–water partition coefficient (Wildman–Crippen LogP) is 0.508. The molecule has 0 radical (unpaired) electrons. The van der Waals surface area contributed by atoms with Gasteiger partial charge in [0.1, 0.15) is 23.2 Å². The summed E-state index contributed by atoms with van der Waals surface area (Å²) >= 11 is 0. The summed E-state index contributed by atoms with van der Waals surface area (Å²) in [5.74, 6) is -1.90. The van der Waals surface area contributed by atoms with E-state index in [9.17, 15) is 29.9 Å². The van der Waals surface area contributed by atoms with Gasteiger partial charge >= 0.3 is 13.1 Å². The fourth-order valence-electron chi connectivity index (χ4n) is 5.22. The number of ether oxygens (including phenoxy) is 1. The SMILES string of the molecule is NCCN[C@H]1CC[C@@H](CC(=O)N2CC(Oc3ccc([C@@H]4C[C@@H]4B(O)O)c(O)c3C(=O)O)C2)CC1. The van der Waals surface area contributed by atoms with Gasteiger partial charge in [0.15, 0.2) is 0 Å². The van der Waals surface area contributed by atoms with E-state index in [4.69, 9.17) is 10.5 Å². The van der Waals surface area contributed by atoms with Crippen LogP contribution in [-0.2, 0) is 4.79 Å². The van der Waals surface area contributed by atoms with Crippen LogP contribution < -0.4 is 15.8 Å². The Hall–Kier alpha value is -2.34. The van der Waals surface area contributed by atoms with Crippen molar-refractivity contribution in [3.8, 4) is 11.5 Å². The molecule has 34 heavy (non-hydrogen) atoms. The summed E-state index contributed by atoms with van der Waals surface area (Å²) < 4.78 is 5.82. The Kier molecular flexibility index (Phi) is 7.66. The van der Waals surface area contributed by atoms with Gasteiger partial charge in [-0.3, -0.25) is 4.79 Å². The molecule has 0 bridgehead atoms. The first-order valence-corrected chi connectivity index (χ1v) is 12.1. The number of aromatic hydroxyl groups is 1. The number of rotatable bonds is 10. The van der Waals surface area contributed by atoms with E-state index in [0.717, 1.165) is 32.2 Å². The highest BCUT2D eigenvalue weighted by atomic mass is 16.5. The number of amides is 1. The lowest BCUT2D eigenvalue weighted by Crippen LogP contribution is -2.56. The van der Waals surface area contributed by atoms with Crippen molar-refractivity contribution in [1.82, 2.24) is 10.2 Å². The molecule has 0 spiro atoms. The average Bonchev–Trinajstić information content (AvgIpc) is 3.56. The van der Waals surface area contributed by atoms with Crippen molar-refractivity contribution in [2.45, 2.75) is 62.4 Å². The minimum Gasteiger partial charge on any atom is -0.507 e. The van der Waals surface area contributed by atoms with Gasteiger partial charge in [-0.15, -0.1) is 0 Å². The van der Waals surface area contributed by atoms with Crippen LogP contribution in [0.1, 0.15) is 60.4 Å². The van der Waals surface area contributed by atoms with Gasteiger partial charge < -0.3 is 40.9 Å². The Morgan fingerprint density at radius 2 is 1.88 bits per heavy atom. The molecule has 1 aromatic carbocycles. The minimum absolute atomic E-state index is 0.0518. The molecule has 3 fully saturated rings. The van der Waals surface area contributed by atoms with Gasteiger partial charge in [0.05, 0.1) is 13.1 Å². The average molecular weight is 475 g/mol. The second-order valence-corrected chi connectivity index (χ2v) is 9.80. The Balaban J connectivity index is 1.27. The van der Waals surface area contributed by atoms with Crippen LogP contribution in [0.15, 0.2) is 12.1 Å². The van der Waals surface area contributed by atoms with E-state index in [2.05, 4.69) is 5.32 Å². The van der Waals surface area contributed by atoms with Crippen LogP contribution in [0.3, 0.4) is 0 Å². The smallest absolute Gasteiger partial charge is 0.455 e. The van der Waals surface area contributed by atoms with Gasteiger partial charge in [0.25, 0.3) is 0 Å². The molecule has 7 N–H and O–H groups in total. The summed E-state index contributed by atoms with van der Waals surface area (Å²) in [7, 11) is -1.50. The Labute approximate surface area is 199 Å². The number of likely N-dealkylation sites (tertiary alicyclic amines) is 1. The molecule has 2 saturated carbocycles. The normalized spacial score (nSPS) is 26.6. The number of carboxylic acids is 1. The van der Waals surface area contributed by atoms with Crippen LogP contribution in [0.5, 0.6) is 11.5 Å². The van der Waals surface area contributed by atoms with Crippen molar-refractivity contribution >= 4 is 19.0 Å². The van der Waals surface area contributed by atoms with Crippen molar-refractivity contribution in [2.24, 2.45) is 11.7 Å². The fourth-order valence-corrected chi connectivity index (χ4v) is 5.22. The Morgan fingerprint density at radius 3 is 2.47 bits per heavy atom. The van der Waals surface area contributed by atoms with Crippen molar-refractivity contribution in [2.75, 3.05) is 26.2 Å². The molecule has 3 aliphatic rings. The number of carbonyl (C=O) groups is 2. The first-order chi connectivity index (χ1) is 16.3. The molecule has 0 aromatic heterocycles. The van der Waals surface area contributed by atoms with Gasteiger partial charge in [-0.05, 0) is 55.6 Å². The monoisotopic (exact) mass is 475 g/mol. The highest BCUT2D eigenvalue weighted by molar-refractivity contribution is 6.44. The minimum atomic E-state index is -1.50.